The molecule has 0 bridgehead atoms. The van der Waals surface area contributed by atoms with E-state index in [0.29, 0.717) is 0 Å². The van der Waals surface area contributed by atoms with Gasteiger partial charge in [0.2, 0.25) is 0 Å². The SMILES string of the molecule is c1ccc(-n2c3ccccc3c3ccc(N(c4ccc(-c5cccc6oc7ccccc7c56)cc4)c4cccc5oc6ccccc6c45)cc32)cc1. The molecule has 0 saturated heterocycles. The van der Waals surface area contributed by atoms with E-state index in [0.717, 1.165) is 83.3 Å². The average Bonchev–Trinajstić information content (AvgIpc) is 3.88. The zero-order valence-corrected chi connectivity index (χ0v) is 28.0. The fourth-order valence-corrected chi connectivity index (χ4v) is 8.13. The molecule has 0 atom stereocenters. The highest BCUT2D eigenvalue weighted by Gasteiger charge is 2.22. The highest BCUT2D eigenvalue weighted by Crippen LogP contribution is 2.45. The van der Waals surface area contributed by atoms with E-state index < -0.39 is 0 Å². The first-order valence-electron chi connectivity index (χ1n) is 17.6. The van der Waals surface area contributed by atoms with Crippen LogP contribution >= 0.6 is 0 Å². The van der Waals surface area contributed by atoms with Crippen LogP contribution in [0.15, 0.2) is 191 Å². The van der Waals surface area contributed by atoms with Crippen molar-refractivity contribution in [3.8, 4) is 16.8 Å². The summed E-state index contributed by atoms with van der Waals surface area (Å²) in [6.45, 7) is 0. The topological polar surface area (TPSA) is 34.5 Å². The van der Waals surface area contributed by atoms with Gasteiger partial charge in [-0.05, 0) is 83.9 Å². The molecule has 52 heavy (non-hydrogen) atoms. The van der Waals surface area contributed by atoms with Crippen LogP contribution in [0.25, 0.3) is 82.5 Å². The van der Waals surface area contributed by atoms with Crippen molar-refractivity contribution >= 4 is 82.7 Å². The molecule has 0 spiro atoms. The number of rotatable bonds is 5. The van der Waals surface area contributed by atoms with Gasteiger partial charge in [-0.15, -0.1) is 0 Å². The molecule has 4 nitrogen and oxygen atoms in total. The first-order chi connectivity index (χ1) is 25.8. The van der Waals surface area contributed by atoms with Crippen LogP contribution in [0, 0.1) is 0 Å². The quantitative estimate of drug-likeness (QED) is 0.183. The minimum absolute atomic E-state index is 0.860. The number of fused-ring (bicyclic) bond motifs is 9. The number of furan rings is 2. The van der Waals surface area contributed by atoms with Crippen molar-refractivity contribution in [2.75, 3.05) is 4.90 Å². The van der Waals surface area contributed by atoms with Crippen molar-refractivity contribution in [3.63, 3.8) is 0 Å². The highest BCUT2D eigenvalue weighted by atomic mass is 16.3. The molecule has 0 aliphatic heterocycles. The molecule has 4 heteroatoms. The van der Waals surface area contributed by atoms with Gasteiger partial charge >= 0.3 is 0 Å². The second-order valence-electron chi connectivity index (χ2n) is 13.3. The second-order valence-corrected chi connectivity index (χ2v) is 13.3. The first-order valence-corrected chi connectivity index (χ1v) is 17.6. The summed E-state index contributed by atoms with van der Waals surface area (Å²) < 4.78 is 15.0. The molecular formula is C48H30N2O2. The van der Waals surface area contributed by atoms with E-state index >= 15 is 0 Å². The molecular weight excluding hydrogens is 637 g/mol. The van der Waals surface area contributed by atoms with Crippen LogP contribution in [-0.4, -0.2) is 4.57 Å². The van der Waals surface area contributed by atoms with Crippen LogP contribution in [-0.2, 0) is 0 Å². The van der Waals surface area contributed by atoms with Crippen molar-refractivity contribution < 1.29 is 8.83 Å². The average molecular weight is 667 g/mol. The Morgan fingerprint density at radius 2 is 0.962 bits per heavy atom. The van der Waals surface area contributed by atoms with Crippen LogP contribution < -0.4 is 4.90 Å². The minimum Gasteiger partial charge on any atom is -0.456 e. The molecule has 0 aliphatic rings. The van der Waals surface area contributed by atoms with E-state index in [4.69, 9.17) is 8.83 Å². The first kappa shape index (κ1) is 28.8. The molecule has 0 aliphatic carbocycles. The van der Waals surface area contributed by atoms with Gasteiger partial charge in [0.15, 0.2) is 0 Å². The third-order valence-electron chi connectivity index (χ3n) is 10.4. The van der Waals surface area contributed by atoms with Gasteiger partial charge in [-0.1, -0.05) is 109 Å². The molecule has 11 rings (SSSR count). The zero-order valence-electron chi connectivity index (χ0n) is 28.0. The summed E-state index contributed by atoms with van der Waals surface area (Å²) in [5.41, 5.74) is 12.4. The molecule has 0 N–H and O–H groups in total. The Bertz CT molecular complexity index is 3130. The molecule has 8 aromatic carbocycles. The largest absolute Gasteiger partial charge is 0.456 e. The Kier molecular flexibility index (Phi) is 6.22. The summed E-state index contributed by atoms with van der Waals surface area (Å²) in [6, 6.07) is 64.3. The zero-order chi connectivity index (χ0) is 34.2. The monoisotopic (exact) mass is 666 g/mol. The third kappa shape index (κ3) is 4.28. The number of nitrogens with zero attached hydrogens (tertiary/aromatic N) is 2. The van der Waals surface area contributed by atoms with Crippen LogP contribution in [0.4, 0.5) is 17.1 Å². The fourth-order valence-electron chi connectivity index (χ4n) is 8.13. The van der Waals surface area contributed by atoms with Gasteiger partial charge in [0.05, 0.1) is 22.1 Å². The molecule has 0 unspecified atom stereocenters. The predicted molar refractivity (Wildman–Crippen MR) is 215 cm³/mol. The second kappa shape index (κ2) is 11.2. The predicted octanol–water partition coefficient (Wildman–Crippen LogP) is 13.7. The van der Waals surface area contributed by atoms with Crippen molar-refractivity contribution in [2.24, 2.45) is 0 Å². The number of aromatic nitrogens is 1. The van der Waals surface area contributed by atoms with E-state index in [2.05, 4.69) is 167 Å². The van der Waals surface area contributed by atoms with Crippen molar-refractivity contribution in [1.29, 1.82) is 0 Å². The lowest BCUT2D eigenvalue weighted by Crippen LogP contribution is -2.10. The lowest BCUT2D eigenvalue weighted by molar-refractivity contribution is 0.668. The summed E-state index contributed by atoms with van der Waals surface area (Å²) in [7, 11) is 0. The summed E-state index contributed by atoms with van der Waals surface area (Å²) in [5, 5.41) is 6.88. The van der Waals surface area contributed by atoms with Crippen molar-refractivity contribution in [3.05, 3.63) is 182 Å². The minimum atomic E-state index is 0.860. The number of anilines is 3. The van der Waals surface area contributed by atoms with Crippen LogP contribution in [0.2, 0.25) is 0 Å². The lowest BCUT2D eigenvalue weighted by Gasteiger charge is -2.27. The lowest BCUT2D eigenvalue weighted by atomic mass is 9.99. The normalized spacial score (nSPS) is 11.8. The van der Waals surface area contributed by atoms with Gasteiger partial charge in [-0.3, -0.25) is 0 Å². The van der Waals surface area contributed by atoms with E-state index in [1.165, 1.54) is 16.3 Å². The van der Waals surface area contributed by atoms with Gasteiger partial charge in [0.1, 0.15) is 22.3 Å². The Morgan fingerprint density at radius 3 is 1.73 bits per heavy atom. The van der Waals surface area contributed by atoms with Gasteiger partial charge in [-0.2, -0.15) is 0 Å². The van der Waals surface area contributed by atoms with E-state index in [9.17, 15) is 0 Å². The third-order valence-corrected chi connectivity index (χ3v) is 10.4. The summed E-state index contributed by atoms with van der Waals surface area (Å²) in [4.78, 5) is 2.37. The highest BCUT2D eigenvalue weighted by molar-refractivity contribution is 6.15. The van der Waals surface area contributed by atoms with E-state index in [-0.39, 0.29) is 0 Å². The van der Waals surface area contributed by atoms with Gasteiger partial charge < -0.3 is 18.3 Å². The summed E-state index contributed by atoms with van der Waals surface area (Å²) >= 11 is 0. The fraction of sp³-hybridized carbons (Fsp3) is 0. The molecule has 244 valence electrons. The summed E-state index contributed by atoms with van der Waals surface area (Å²) in [5.74, 6) is 0. The van der Waals surface area contributed by atoms with Crippen LogP contribution in [0.5, 0.6) is 0 Å². The van der Waals surface area contributed by atoms with E-state index in [1.807, 2.05) is 24.3 Å². The van der Waals surface area contributed by atoms with Gasteiger partial charge in [0.25, 0.3) is 0 Å². The number of hydrogen-bond donors (Lipinski definition) is 0. The number of hydrogen-bond acceptors (Lipinski definition) is 3. The molecule has 3 heterocycles. The standard InChI is InChI=1S/C48H30N2O2/c1-2-12-32(13-3-1)50-40-18-7-4-14-36(40)37-29-28-34(30-42(37)50)49(41-19-11-23-46-48(41)39-16-6-9-21-44(39)52-46)33-26-24-31(25-27-33)35-17-10-22-45-47(35)38-15-5-8-20-43(38)51-45/h1-30H. The van der Waals surface area contributed by atoms with Crippen molar-refractivity contribution in [1.82, 2.24) is 4.57 Å². The molecule has 0 radical (unpaired) electrons. The maximum atomic E-state index is 6.41. The Morgan fingerprint density at radius 1 is 0.385 bits per heavy atom. The number of para-hydroxylation sites is 4. The van der Waals surface area contributed by atoms with Crippen molar-refractivity contribution in [2.45, 2.75) is 0 Å². The maximum Gasteiger partial charge on any atom is 0.137 e. The van der Waals surface area contributed by atoms with E-state index in [1.54, 1.807) is 0 Å². The summed E-state index contributed by atoms with van der Waals surface area (Å²) in [6.07, 6.45) is 0. The molecule has 0 amide bonds. The molecule has 0 fully saturated rings. The van der Waals surface area contributed by atoms with Gasteiger partial charge in [0, 0.05) is 44.0 Å². The van der Waals surface area contributed by atoms with Crippen LogP contribution in [0.1, 0.15) is 0 Å². The maximum absolute atomic E-state index is 6.41. The van der Waals surface area contributed by atoms with Crippen LogP contribution in [0.3, 0.4) is 0 Å². The Labute approximate surface area is 299 Å². The Hall–Kier alpha value is -7.04. The number of benzene rings is 8. The smallest absolute Gasteiger partial charge is 0.137 e. The Balaban J connectivity index is 1.15. The molecule has 11 aromatic rings. The molecule has 0 saturated carbocycles. The van der Waals surface area contributed by atoms with Gasteiger partial charge in [-0.25, -0.2) is 0 Å². The molecule has 3 aromatic heterocycles.